The average Bonchev–Trinajstić information content (AvgIpc) is 2.69. The van der Waals surface area contributed by atoms with Crippen LogP contribution in [0.3, 0.4) is 0 Å². The number of ketones is 1. The summed E-state index contributed by atoms with van der Waals surface area (Å²) >= 11 is 0. The SMILES string of the molecule is O=C1C=C2CCN(C(=O)c3ccccc3)CC2(Cc2ccccc2)CC1. The Morgan fingerprint density at radius 1 is 0.962 bits per heavy atom. The fourth-order valence-corrected chi connectivity index (χ4v) is 4.34. The summed E-state index contributed by atoms with van der Waals surface area (Å²) in [4.78, 5) is 26.9. The van der Waals surface area contributed by atoms with E-state index < -0.39 is 0 Å². The molecule has 0 radical (unpaired) electrons. The van der Waals surface area contributed by atoms with E-state index in [1.807, 2.05) is 47.4 Å². The first-order valence-corrected chi connectivity index (χ1v) is 9.28. The highest BCUT2D eigenvalue weighted by molar-refractivity contribution is 5.95. The van der Waals surface area contributed by atoms with Crippen LogP contribution in [0.15, 0.2) is 72.3 Å². The minimum Gasteiger partial charge on any atom is -0.337 e. The third kappa shape index (κ3) is 3.22. The molecule has 3 nitrogen and oxygen atoms in total. The molecule has 0 spiro atoms. The Kier molecular flexibility index (Phi) is 4.46. The maximum absolute atomic E-state index is 13.0. The second kappa shape index (κ2) is 6.91. The lowest BCUT2D eigenvalue weighted by molar-refractivity contribution is -0.116. The summed E-state index contributed by atoms with van der Waals surface area (Å²) in [5.41, 5.74) is 3.12. The molecule has 0 N–H and O–H groups in total. The molecule has 1 heterocycles. The van der Waals surface area contributed by atoms with E-state index in [2.05, 4.69) is 24.3 Å². The van der Waals surface area contributed by atoms with Crippen molar-refractivity contribution in [3.63, 3.8) is 0 Å². The van der Waals surface area contributed by atoms with Crippen LogP contribution in [0.4, 0.5) is 0 Å². The summed E-state index contributed by atoms with van der Waals surface area (Å²) < 4.78 is 0. The van der Waals surface area contributed by atoms with Crippen molar-refractivity contribution in [3.8, 4) is 0 Å². The summed E-state index contributed by atoms with van der Waals surface area (Å²) in [6.07, 6.45) is 4.92. The molecule has 2 aliphatic rings. The first-order valence-electron chi connectivity index (χ1n) is 9.28. The number of hydrogen-bond donors (Lipinski definition) is 0. The van der Waals surface area contributed by atoms with Crippen LogP contribution in [0.25, 0.3) is 0 Å². The lowest BCUT2D eigenvalue weighted by Crippen LogP contribution is -2.50. The van der Waals surface area contributed by atoms with E-state index in [1.54, 1.807) is 0 Å². The van der Waals surface area contributed by atoms with E-state index in [-0.39, 0.29) is 17.1 Å². The number of nitrogens with zero attached hydrogens (tertiary/aromatic N) is 1. The van der Waals surface area contributed by atoms with Gasteiger partial charge in [-0.3, -0.25) is 9.59 Å². The van der Waals surface area contributed by atoms with Gasteiger partial charge in [0.1, 0.15) is 0 Å². The van der Waals surface area contributed by atoms with Crippen LogP contribution in [-0.4, -0.2) is 29.7 Å². The van der Waals surface area contributed by atoms with Gasteiger partial charge < -0.3 is 4.90 Å². The van der Waals surface area contributed by atoms with E-state index in [0.717, 1.165) is 24.8 Å². The number of rotatable bonds is 3. The van der Waals surface area contributed by atoms with Gasteiger partial charge in [-0.1, -0.05) is 54.1 Å². The van der Waals surface area contributed by atoms with Gasteiger partial charge >= 0.3 is 0 Å². The standard InChI is InChI=1S/C23H23NO2/c25-21-11-13-23(16-18-7-3-1-4-8-18)17-24(14-12-20(23)15-21)22(26)19-9-5-2-6-10-19/h1-10,15H,11-14,16-17H2. The van der Waals surface area contributed by atoms with Crippen molar-refractivity contribution >= 4 is 11.7 Å². The Balaban J connectivity index is 1.64. The third-order valence-electron chi connectivity index (χ3n) is 5.70. The lowest BCUT2D eigenvalue weighted by atomic mass is 9.65. The minimum absolute atomic E-state index is 0.0917. The fourth-order valence-electron chi connectivity index (χ4n) is 4.34. The normalized spacial score (nSPS) is 22.5. The van der Waals surface area contributed by atoms with Gasteiger partial charge in [0.15, 0.2) is 5.78 Å². The fraction of sp³-hybridized carbons (Fsp3) is 0.304. The Hall–Kier alpha value is -2.68. The van der Waals surface area contributed by atoms with E-state index >= 15 is 0 Å². The van der Waals surface area contributed by atoms with Crippen molar-refractivity contribution in [3.05, 3.63) is 83.4 Å². The summed E-state index contributed by atoms with van der Waals surface area (Å²) in [5, 5.41) is 0. The molecule has 1 aliphatic carbocycles. The maximum atomic E-state index is 13.0. The number of allylic oxidation sites excluding steroid dienone is 1. The van der Waals surface area contributed by atoms with Gasteiger partial charge in [-0.2, -0.15) is 0 Å². The van der Waals surface area contributed by atoms with Crippen molar-refractivity contribution in [1.29, 1.82) is 0 Å². The number of likely N-dealkylation sites (tertiary alicyclic amines) is 1. The summed E-state index contributed by atoms with van der Waals surface area (Å²) in [5.74, 6) is 0.320. The Labute approximate surface area is 154 Å². The average molecular weight is 345 g/mol. The molecule has 2 aromatic rings. The predicted octanol–water partition coefficient (Wildman–Crippen LogP) is 4.05. The van der Waals surface area contributed by atoms with Gasteiger partial charge in [0.05, 0.1) is 0 Å². The molecule has 4 rings (SSSR count). The molecular weight excluding hydrogens is 322 g/mol. The van der Waals surface area contributed by atoms with Crippen molar-refractivity contribution in [2.45, 2.75) is 25.7 Å². The van der Waals surface area contributed by atoms with E-state index in [9.17, 15) is 9.59 Å². The number of piperidine rings is 1. The number of carbonyl (C=O) groups excluding carboxylic acids is 2. The highest BCUT2D eigenvalue weighted by Crippen LogP contribution is 2.45. The number of carbonyl (C=O) groups is 2. The number of benzene rings is 2. The van der Waals surface area contributed by atoms with Gasteiger partial charge in [0.2, 0.25) is 0 Å². The van der Waals surface area contributed by atoms with Crippen LogP contribution in [0.5, 0.6) is 0 Å². The second-order valence-electron chi connectivity index (χ2n) is 7.42. The van der Waals surface area contributed by atoms with E-state index in [0.29, 0.717) is 19.5 Å². The third-order valence-corrected chi connectivity index (χ3v) is 5.70. The van der Waals surface area contributed by atoms with Gasteiger partial charge in [-0.25, -0.2) is 0 Å². The summed E-state index contributed by atoms with van der Waals surface area (Å²) in [6, 6.07) is 19.9. The number of hydrogen-bond acceptors (Lipinski definition) is 2. The van der Waals surface area contributed by atoms with Crippen LogP contribution < -0.4 is 0 Å². The molecule has 1 unspecified atom stereocenters. The molecule has 132 valence electrons. The molecular formula is C23H23NO2. The van der Waals surface area contributed by atoms with Crippen LogP contribution in [0.2, 0.25) is 0 Å². The smallest absolute Gasteiger partial charge is 0.253 e. The molecule has 0 saturated carbocycles. The van der Waals surface area contributed by atoms with Crippen molar-refractivity contribution in [2.24, 2.45) is 5.41 Å². The topological polar surface area (TPSA) is 37.4 Å². The van der Waals surface area contributed by atoms with E-state index in [4.69, 9.17) is 0 Å². The highest BCUT2D eigenvalue weighted by atomic mass is 16.2. The molecule has 1 amide bonds. The zero-order chi connectivity index (χ0) is 18.0. The summed E-state index contributed by atoms with van der Waals surface area (Å²) in [6.45, 7) is 1.37. The van der Waals surface area contributed by atoms with Gasteiger partial charge in [-0.15, -0.1) is 0 Å². The molecule has 1 fully saturated rings. The molecule has 0 bridgehead atoms. The van der Waals surface area contributed by atoms with Gasteiger partial charge in [0, 0.05) is 30.5 Å². The quantitative estimate of drug-likeness (QED) is 0.841. The molecule has 1 atom stereocenters. The van der Waals surface area contributed by atoms with Crippen LogP contribution in [0, 0.1) is 5.41 Å². The van der Waals surface area contributed by atoms with E-state index in [1.165, 1.54) is 11.1 Å². The molecule has 0 aromatic heterocycles. The summed E-state index contributed by atoms with van der Waals surface area (Å²) in [7, 11) is 0. The second-order valence-corrected chi connectivity index (χ2v) is 7.42. The Morgan fingerprint density at radius 3 is 2.38 bits per heavy atom. The minimum atomic E-state index is -0.113. The lowest BCUT2D eigenvalue weighted by Gasteiger charge is -2.47. The highest BCUT2D eigenvalue weighted by Gasteiger charge is 2.43. The molecule has 1 aliphatic heterocycles. The number of fused-ring (bicyclic) bond motifs is 1. The van der Waals surface area contributed by atoms with Crippen molar-refractivity contribution < 1.29 is 9.59 Å². The maximum Gasteiger partial charge on any atom is 0.253 e. The largest absolute Gasteiger partial charge is 0.337 e. The predicted molar refractivity (Wildman–Crippen MR) is 102 cm³/mol. The monoisotopic (exact) mass is 345 g/mol. The zero-order valence-corrected chi connectivity index (χ0v) is 14.9. The molecule has 2 aromatic carbocycles. The Bertz CT molecular complexity index is 841. The molecule has 3 heteroatoms. The Morgan fingerprint density at radius 2 is 1.65 bits per heavy atom. The van der Waals surface area contributed by atoms with Crippen LogP contribution in [0.1, 0.15) is 35.2 Å². The van der Waals surface area contributed by atoms with Gasteiger partial charge in [0.25, 0.3) is 5.91 Å². The first-order chi connectivity index (χ1) is 12.7. The van der Waals surface area contributed by atoms with Crippen molar-refractivity contribution in [1.82, 2.24) is 4.90 Å². The van der Waals surface area contributed by atoms with Crippen LogP contribution >= 0.6 is 0 Å². The van der Waals surface area contributed by atoms with Crippen LogP contribution in [-0.2, 0) is 11.2 Å². The zero-order valence-electron chi connectivity index (χ0n) is 14.9. The molecule has 1 saturated heterocycles. The van der Waals surface area contributed by atoms with Crippen molar-refractivity contribution in [2.75, 3.05) is 13.1 Å². The first kappa shape index (κ1) is 16.8. The molecule has 26 heavy (non-hydrogen) atoms. The number of amides is 1. The van der Waals surface area contributed by atoms with Gasteiger partial charge in [-0.05, 0) is 43.0 Å².